The van der Waals surface area contributed by atoms with E-state index in [-0.39, 0.29) is 56.3 Å². The van der Waals surface area contributed by atoms with Gasteiger partial charge >= 0.3 is 51.4 Å². The summed E-state index contributed by atoms with van der Waals surface area (Å²) in [5, 5.41) is 2.87. The minimum Gasteiger partial charge on any atom is -0.744 e. The van der Waals surface area contributed by atoms with Crippen LogP contribution in [-0.4, -0.2) is 20.0 Å². The van der Waals surface area contributed by atoms with Crippen molar-refractivity contribution in [3.8, 4) is 0 Å². The first-order valence-corrected chi connectivity index (χ1v) is 5.14. The second-order valence-electron chi connectivity index (χ2n) is 2.63. The van der Waals surface area contributed by atoms with Gasteiger partial charge in [0.05, 0.1) is 4.90 Å². The minimum atomic E-state index is -4.32. The molecule has 0 amide bonds. The van der Waals surface area contributed by atoms with Gasteiger partial charge in [-0.25, -0.2) is 8.42 Å². The summed E-state index contributed by atoms with van der Waals surface area (Å²) in [5.41, 5.74) is 0.777. The Balaban J connectivity index is 0.00000169. The quantitative estimate of drug-likeness (QED) is 0.461. The molecule has 0 aromatic heterocycles. The van der Waals surface area contributed by atoms with Gasteiger partial charge in [0.15, 0.2) is 0 Å². The Morgan fingerprint density at radius 3 is 2.57 bits per heavy atom. The van der Waals surface area contributed by atoms with Crippen LogP contribution in [0, 0.1) is 0 Å². The standard InChI is InChI=1S/C8H11NO3S.K/c1-9-6-7-3-2-4-8(5-7)13(10,11)12;/h2-5,9H,6H2,1H3,(H,10,11,12);/q;+1/p-1. The van der Waals surface area contributed by atoms with Gasteiger partial charge in [-0.1, -0.05) is 12.1 Å². The summed E-state index contributed by atoms with van der Waals surface area (Å²) in [4.78, 5) is -0.180. The van der Waals surface area contributed by atoms with E-state index in [1.54, 1.807) is 19.2 Å². The molecule has 0 fully saturated rings. The van der Waals surface area contributed by atoms with E-state index in [1.165, 1.54) is 12.1 Å². The summed E-state index contributed by atoms with van der Waals surface area (Å²) in [7, 11) is -2.57. The Morgan fingerprint density at radius 2 is 2.07 bits per heavy atom. The summed E-state index contributed by atoms with van der Waals surface area (Å²) in [6.45, 7) is 0.545. The van der Waals surface area contributed by atoms with Crippen LogP contribution >= 0.6 is 0 Å². The van der Waals surface area contributed by atoms with E-state index in [4.69, 9.17) is 0 Å². The van der Waals surface area contributed by atoms with Crippen molar-refractivity contribution in [3.05, 3.63) is 29.8 Å². The van der Waals surface area contributed by atoms with E-state index in [0.29, 0.717) is 6.54 Å². The SMILES string of the molecule is CNCc1cccc(S(=O)(=O)[O-])c1.[K+]. The molecule has 6 heteroatoms. The van der Waals surface area contributed by atoms with Crippen molar-refractivity contribution in [2.24, 2.45) is 0 Å². The third kappa shape index (κ3) is 4.50. The van der Waals surface area contributed by atoms with Crippen LogP contribution in [-0.2, 0) is 16.7 Å². The zero-order valence-electron chi connectivity index (χ0n) is 8.15. The van der Waals surface area contributed by atoms with Gasteiger partial charge in [-0.2, -0.15) is 0 Å². The van der Waals surface area contributed by atoms with Crippen LogP contribution in [0.3, 0.4) is 0 Å². The van der Waals surface area contributed by atoms with Crippen LogP contribution in [0.15, 0.2) is 29.2 Å². The molecule has 72 valence electrons. The van der Waals surface area contributed by atoms with Gasteiger partial charge in [-0.05, 0) is 24.7 Å². The predicted molar refractivity (Wildman–Crippen MR) is 47.2 cm³/mol. The first kappa shape index (κ1) is 14.7. The van der Waals surface area contributed by atoms with Gasteiger partial charge in [0, 0.05) is 6.54 Å². The first-order chi connectivity index (χ1) is 6.04. The molecule has 0 saturated heterocycles. The summed E-state index contributed by atoms with van der Waals surface area (Å²) >= 11 is 0. The zero-order chi connectivity index (χ0) is 9.90. The van der Waals surface area contributed by atoms with Crippen LogP contribution in [0.1, 0.15) is 5.56 Å². The second-order valence-corrected chi connectivity index (χ2v) is 4.01. The number of hydrogen-bond donors (Lipinski definition) is 1. The first-order valence-electron chi connectivity index (χ1n) is 3.73. The molecule has 1 aromatic carbocycles. The van der Waals surface area contributed by atoms with E-state index >= 15 is 0 Å². The Morgan fingerprint density at radius 1 is 1.43 bits per heavy atom. The van der Waals surface area contributed by atoms with Crippen LogP contribution in [0.2, 0.25) is 0 Å². The Kier molecular flexibility index (Phi) is 6.67. The average Bonchev–Trinajstić information content (AvgIpc) is 2.04. The number of rotatable bonds is 3. The van der Waals surface area contributed by atoms with E-state index in [1.807, 2.05) is 0 Å². The summed E-state index contributed by atoms with van der Waals surface area (Å²) in [6, 6.07) is 5.98. The minimum absolute atomic E-state index is 0. The van der Waals surface area contributed by atoms with Crippen LogP contribution < -0.4 is 56.7 Å². The predicted octanol–water partition coefficient (Wildman–Crippen LogP) is -2.69. The Hall–Kier alpha value is 0.726. The molecule has 0 unspecified atom stereocenters. The summed E-state index contributed by atoms with van der Waals surface area (Å²) in [6.07, 6.45) is 0. The summed E-state index contributed by atoms with van der Waals surface area (Å²) in [5.74, 6) is 0. The maximum atomic E-state index is 10.6. The molecule has 14 heavy (non-hydrogen) atoms. The molecule has 0 aliphatic heterocycles. The molecule has 1 aromatic rings. The van der Waals surface area contributed by atoms with Crippen molar-refractivity contribution in [1.29, 1.82) is 0 Å². The van der Waals surface area contributed by atoms with Gasteiger partial charge in [-0.3, -0.25) is 0 Å². The molecule has 0 atom stereocenters. The molecule has 0 heterocycles. The average molecular weight is 239 g/mol. The molecular weight excluding hydrogens is 229 g/mol. The van der Waals surface area contributed by atoms with Crippen molar-refractivity contribution < 1.29 is 64.4 Å². The van der Waals surface area contributed by atoms with Crippen molar-refractivity contribution in [2.75, 3.05) is 7.05 Å². The van der Waals surface area contributed by atoms with Gasteiger partial charge in [-0.15, -0.1) is 0 Å². The third-order valence-corrected chi connectivity index (χ3v) is 2.40. The monoisotopic (exact) mass is 239 g/mol. The molecule has 0 spiro atoms. The van der Waals surface area contributed by atoms with Crippen molar-refractivity contribution in [1.82, 2.24) is 5.32 Å². The molecule has 0 saturated carbocycles. The van der Waals surface area contributed by atoms with E-state index in [9.17, 15) is 13.0 Å². The normalized spacial score (nSPS) is 10.7. The smallest absolute Gasteiger partial charge is 0.744 e. The fourth-order valence-electron chi connectivity index (χ4n) is 1.02. The fourth-order valence-corrected chi connectivity index (χ4v) is 1.56. The van der Waals surface area contributed by atoms with Gasteiger partial charge in [0.1, 0.15) is 10.1 Å². The number of hydrogen-bond acceptors (Lipinski definition) is 4. The van der Waals surface area contributed by atoms with Crippen LogP contribution in [0.25, 0.3) is 0 Å². The molecule has 0 aliphatic rings. The molecular formula is C8H10KNO3S. The second kappa shape index (κ2) is 6.34. The third-order valence-electron chi connectivity index (χ3n) is 1.57. The zero-order valence-corrected chi connectivity index (χ0v) is 12.1. The van der Waals surface area contributed by atoms with Gasteiger partial charge in [0.2, 0.25) is 0 Å². The molecule has 0 bridgehead atoms. The van der Waals surface area contributed by atoms with E-state index < -0.39 is 10.1 Å². The van der Waals surface area contributed by atoms with Crippen molar-refractivity contribution in [3.63, 3.8) is 0 Å². The van der Waals surface area contributed by atoms with Gasteiger partial charge in [0.25, 0.3) is 0 Å². The fraction of sp³-hybridized carbons (Fsp3) is 0.250. The maximum absolute atomic E-state index is 10.6. The van der Waals surface area contributed by atoms with Gasteiger partial charge < -0.3 is 9.87 Å². The van der Waals surface area contributed by atoms with E-state index in [0.717, 1.165) is 5.56 Å². The van der Waals surface area contributed by atoms with Crippen LogP contribution in [0.5, 0.6) is 0 Å². The molecule has 0 aliphatic carbocycles. The molecule has 0 radical (unpaired) electrons. The van der Waals surface area contributed by atoms with Crippen molar-refractivity contribution >= 4 is 10.1 Å². The van der Waals surface area contributed by atoms with Crippen molar-refractivity contribution in [2.45, 2.75) is 11.4 Å². The van der Waals surface area contributed by atoms with E-state index in [2.05, 4.69) is 5.32 Å². The number of benzene rings is 1. The van der Waals surface area contributed by atoms with Crippen LogP contribution in [0.4, 0.5) is 0 Å². The maximum Gasteiger partial charge on any atom is 1.00 e. The Labute approximate surface area is 126 Å². The molecule has 1 rings (SSSR count). The largest absolute Gasteiger partial charge is 1.00 e. The topological polar surface area (TPSA) is 69.2 Å². The number of nitrogens with one attached hydrogen (secondary N) is 1. The molecule has 1 N–H and O–H groups in total. The Bertz CT molecular complexity index is 391. The summed E-state index contributed by atoms with van der Waals surface area (Å²) < 4.78 is 31.8. The molecule has 4 nitrogen and oxygen atoms in total.